The maximum atomic E-state index is 5.75. The highest BCUT2D eigenvalue weighted by molar-refractivity contribution is 5.72. The first kappa shape index (κ1) is 8.72. The zero-order valence-electron chi connectivity index (χ0n) is 8.52. The Labute approximate surface area is 88.6 Å². The normalized spacial score (nSPS) is 20.9. The molecule has 0 saturated carbocycles. The van der Waals surface area contributed by atoms with E-state index in [0.717, 1.165) is 23.4 Å². The zero-order chi connectivity index (χ0) is 10.1. The van der Waals surface area contributed by atoms with Gasteiger partial charge >= 0.3 is 0 Å². The van der Waals surface area contributed by atoms with Gasteiger partial charge in [-0.2, -0.15) is 0 Å². The molecule has 15 heavy (non-hydrogen) atoms. The summed E-state index contributed by atoms with van der Waals surface area (Å²) in [6, 6.07) is 7.94. The van der Waals surface area contributed by atoms with E-state index in [9.17, 15) is 0 Å². The van der Waals surface area contributed by atoms with Gasteiger partial charge in [0.05, 0.1) is 5.92 Å². The molecular weight excluding hydrogens is 186 g/mol. The average molecular weight is 199 g/mol. The van der Waals surface area contributed by atoms with Crippen LogP contribution in [-0.2, 0) is 0 Å². The summed E-state index contributed by atoms with van der Waals surface area (Å²) in [6.45, 7) is 0. The predicted octanol–water partition coefficient (Wildman–Crippen LogP) is 3.65. The standard InChI is InChI=1S/C13H13NO/c1-2-6-10(7-3-1)13-14-11-8-4-5-9-12(11)15-13/h2,4-6,8-10H,1,3,7H2. The van der Waals surface area contributed by atoms with Crippen LogP contribution in [-0.4, -0.2) is 4.98 Å². The first-order valence-corrected chi connectivity index (χ1v) is 5.45. The third-order valence-corrected chi connectivity index (χ3v) is 2.88. The topological polar surface area (TPSA) is 26.0 Å². The van der Waals surface area contributed by atoms with Gasteiger partial charge in [-0.05, 0) is 31.4 Å². The Bertz CT molecular complexity index is 465. The summed E-state index contributed by atoms with van der Waals surface area (Å²) in [5.41, 5.74) is 1.86. The molecule has 0 bridgehead atoms. The van der Waals surface area contributed by atoms with Crippen molar-refractivity contribution in [3.8, 4) is 0 Å². The van der Waals surface area contributed by atoms with Crippen LogP contribution in [0.15, 0.2) is 40.8 Å². The van der Waals surface area contributed by atoms with Gasteiger partial charge in [0.25, 0.3) is 0 Å². The minimum absolute atomic E-state index is 0.381. The zero-order valence-corrected chi connectivity index (χ0v) is 8.52. The summed E-state index contributed by atoms with van der Waals surface area (Å²) >= 11 is 0. The van der Waals surface area contributed by atoms with Crippen molar-refractivity contribution in [1.29, 1.82) is 0 Å². The van der Waals surface area contributed by atoms with Gasteiger partial charge in [0.1, 0.15) is 5.52 Å². The fourth-order valence-corrected chi connectivity index (χ4v) is 2.07. The number of benzene rings is 1. The molecule has 0 saturated heterocycles. The van der Waals surface area contributed by atoms with Crippen molar-refractivity contribution < 1.29 is 4.42 Å². The minimum atomic E-state index is 0.381. The van der Waals surface area contributed by atoms with Crippen LogP contribution in [0.1, 0.15) is 31.1 Å². The van der Waals surface area contributed by atoms with Crippen molar-refractivity contribution in [2.24, 2.45) is 0 Å². The van der Waals surface area contributed by atoms with Crippen LogP contribution in [0.3, 0.4) is 0 Å². The number of fused-ring (bicyclic) bond motifs is 1. The first-order chi connectivity index (χ1) is 7.43. The molecule has 1 aliphatic carbocycles. The molecule has 0 N–H and O–H groups in total. The van der Waals surface area contributed by atoms with E-state index in [4.69, 9.17) is 4.42 Å². The van der Waals surface area contributed by atoms with Crippen LogP contribution in [0.4, 0.5) is 0 Å². The van der Waals surface area contributed by atoms with E-state index in [1.165, 1.54) is 12.8 Å². The average Bonchev–Trinajstić information content (AvgIpc) is 2.74. The summed E-state index contributed by atoms with van der Waals surface area (Å²) in [5, 5.41) is 0. The monoisotopic (exact) mass is 199 g/mol. The van der Waals surface area contributed by atoms with Gasteiger partial charge in [-0.3, -0.25) is 0 Å². The van der Waals surface area contributed by atoms with E-state index in [0.29, 0.717) is 5.92 Å². The van der Waals surface area contributed by atoms with Crippen molar-refractivity contribution in [2.75, 3.05) is 0 Å². The molecule has 2 aromatic rings. The summed E-state index contributed by atoms with van der Waals surface area (Å²) in [6.07, 6.45) is 8.02. The molecule has 1 aromatic carbocycles. The number of oxazole rings is 1. The second kappa shape index (κ2) is 3.54. The smallest absolute Gasteiger partial charge is 0.202 e. The van der Waals surface area contributed by atoms with E-state index in [1.54, 1.807) is 0 Å². The van der Waals surface area contributed by atoms with Crippen molar-refractivity contribution in [3.63, 3.8) is 0 Å². The van der Waals surface area contributed by atoms with Crippen LogP contribution in [0.25, 0.3) is 11.1 Å². The van der Waals surface area contributed by atoms with Crippen molar-refractivity contribution in [1.82, 2.24) is 4.98 Å². The van der Waals surface area contributed by atoms with Crippen molar-refractivity contribution in [3.05, 3.63) is 42.3 Å². The highest BCUT2D eigenvalue weighted by atomic mass is 16.3. The maximum Gasteiger partial charge on any atom is 0.202 e. The van der Waals surface area contributed by atoms with Gasteiger partial charge in [-0.15, -0.1) is 0 Å². The lowest BCUT2D eigenvalue weighted by Gasteiger charge is -2.11. The molecule has 1 aromatic heterocycles. The van der Waals surface area contributed by atoms with E-state index in [1.807, 2.05) is 24.3 Å². The van der Waals surface area contributed by atoms with Gasteiger partial charge in [0.2, 0.25) is 5.89 Å². The van der Waals surface area contributed by atoms with Crippen LogP contribution < -0.4 is 0 Å². The van der Waals surface area contributed by atoms with Crippen LogP contribution in [0.2, 0.25) is 0 Å². The van der Waals surface area contributed by atoms with Crippen LogP contribution in [0, 0.1) is 0 Å². The lowest BCUT2D eigenvalue weighted by molar-refractivity contribution is 0.477. The van der Waals surface area contributed by atoms with Crippen molar-refractivity contribution in [2.45, 2.75) is 25.2 Å². The molecule has 0 fully saturated rings. The molecule has 0 aliphatic heterocycles. The Balaban J connectivity index is 2.03. The van der Waals surface area contributed by atoms with Crippen LogP contribution in [0.5, 0.6) is 0 Å². The lowest BCUT2D eigenvalue weighted by Crippen LogP contribution is -1.98. The molecule has 3 rings (SSSR count). The Morgan fingerprint density at radius 1 is 1.27 bits per heavy atom. The number of allylic oxidation sites excluding steroid dienone is 2. The minimum Gasteiger partial charge on any atom is -0.440 e. The highest BCUT2D eigenvalue weighted by Crippen LogP contribution is 2.29. The molecule has 0 radical (unpaired) electrons. The highest BCUT2D eigenvalue weighted by Gasteiger charge is 2.16. The third-order valence-electron chi connectivity index (χ3n) is 2.88. The second-order valence-corrected chi connectivity index (χ2v) is 3.99. The van der Waals surface area contributed by atoms with Crippen molar-refractivity contribution >= 4 is 11.1 Å². The Hall–Kier alpha value is -1.57. The lowest BCUT2D eigenvalue weighted by atomic mass is 9.96. The van der Waals surface area contributed by atoms with Gasteiger partial charge in [0.15, 0.2) is 5.58 Å². The summed E-state index contributed by atoms with van der Waals surface area (Å²) < 4.78 is 5.75. The number of hydrogen-bond donors (Lipinski definition) is 0. The molecule has 1 heterocycles. The Morgan fingerprint density at radius 3 is 3.00 bits per heavy atom. The summed E-state index contributed by atoms with van der Waals surface area (Å²) in [7, 11) is 0. The van der Waals surface area contributed by atoms with E-state index >= 15 is 0 Å². The number of rotatable bonds is 1. The van der Waals surface area contributed by atoms with Gasteiger partial charge < -0.3 is 4.42 Å². The summed E-state index contributed by atoms with van der Waals surface area (Å²) in [5.74, 6) is 1.25. The van der Waals surface area contributed by atoms with E-state index in [-0.39, 0.29) is 0 Å². The fraction of sp³-hybridized carbons (Fsp3) is 0.308. The van der Waals surface area contributed by atoms with Gasteiger partial charge in [0, 0.05) is 0 Å². The number of aromatic nitrogens is 1. The Morgan fingerprint density at radius 2 is 2.20 bits per heavy atom. The van der Waals surface area contributed by atoms with Gasteiger partial charge in [-0.1, -0.05) is 24.3 Å². The number of para-hydroxylation sites is 2. The third kappa shape index (κ3) is 1.56. The van der Waals surface area contributed by atoms with Gasteiger partial charge in [-0.25, -0.2) is 4.98 Å². The van der Waals surface area contributed by atoms with E-state index in [2.05, 4.69) is 17.1 Å². The quantitative estimate of drug-likeness (QED) is 0.655. The molecule has 1 atom stereocenters. The van der Waals surface area contributed by atoms with E-state index < -0.39 is 0 Å². The number of nitrogens with zero attached hydrogens (tertiary/aromatic N) is 1. The largest absolute Gasteiger partial charge is 0.440 e. The molecule has 0 amide bonds. The number of hydrogen-bond acceptors (Lipinski definition) is 2. The summed E-state index contributed by atoms with van der Waals surface area (Å²) in [4.78, 5) is 4.52. The molecular formula is C13H13NO. The predicted molar refractivity (Wildman–Crippen MR) is 59.7 cm³/mol. The molecule has 2 nitrogen and oxygen atoms in total. The molecule has 2 heteroatoms. The molecule has 1 unspecified atom stereocenters. The Kier molecular flexibility index (Phi) is 2.05. The SMILES string of the molecule is C1=CC(c2nc3ccccc3o2)CCC1. The molecule has 1 aliphatic rings. The first-order valence-electron chi connectivity index (χ1n) is 5.45. The second-order valence-electron chi connectivity index (χ2n) is 3.99. The molecule has 0 spiro atoms. The fourth-order valence-electron chi connectivity index (χ4n) is 2.07. The van der Waals surface area contributed by atoms with Crippen LogP contribution >= 0.6 is 0 Å². The molecule has 76 valence electrons. The maximum absolute atomic E-state index is 5.75.